The Kier molecular flexibility index (Phi) is 4.94. The first-order valence-electron chi connectivity index (χ1n) is 8.54. The van der Waals surface area contributed by atoms with Gasteiger partial charge in [0.2, 0.25) is 0 Å². The first kappa shape index (κ1) is 17.0. The van der Waals surface area contributed by atoms with Crippen molar-refractivity contribution in [1.29, 1.82) is 0 Å². The van der Waals surface area contributed by atoms with E-state index in [2.05, 4.69) is 14.5 Å². The Balaban J connectivity index is 1.82. The van der Waals surface area contributed by atoms with Gasteiger partial charge in [-0.25, -0.2) is 13.4 Å². The molecule has 1 atom stereocenters. The molecule has 6 heteroatoms. The lowest BCUT2D eigenvalue weighted by Gasteiger charge is -2.35. The number of benzene rings is 1. The molecule has 0 N–H and O–H groups in total. The SMILES string of the molecule is CCS(=O)(=O)c1ccccc1N1CCC[C@@H](Cc2nccn2C)C1. The average Bonchev–Trinajstić information content (AvgIpc) is 3.00. The van der Waals surface area contributed by atoms with Crippen molar-refractivity contribution < 1.29 is 8.42 Å². The van der Waals surface area contributed by atoms with Gasteiger partial charge in [0.1, 0.15) is 5.82 Å². The maximum Gasteiger partial charge on any atom is 0.180 e. The molecule has 0 radical (unpaired) electrons. The molecule has 5 nitrogen and oxygen atoms in total. The highest BCUT2D eigenvalue weighted by Gasteiger charge is 2.26. The van der Waals surface area contributed by atoms with Gasteiger partial charge < -0.3 is 9.47 Å². The number of aryl methyl sites for hydroxylation is 1. The summed E-state index contributed by atoms with van der Waals surface area (Å²) in [7, 11) is -1.19. The van der Waals surface area contributed by atoms with Gasteiger partial charge in [-0.3, -0.25) is 0 Å². The lowest BCUT2D eigenvalue weighted by atomic mass is 9.94. The topological polar surface area (TPSA) is 55.2 Å². The maximum atomic E-state index is 12.4. The Labute approximate surface area is 144 Å². The first-order valence-corrected chi connectivity index (χ1v) is 10.2. The second-order valence-corrected chi connectivity index (χ2v) is 8.73. The quantitative estimate of drug-likeness (QED) is 0.834. The van der Waals surface area contributed by atoms with Crippen LogP contribution in [0.3, 0.4) is 0 Å². The van der Waals surface area contributed by atoms with E-state index < -0.39 is 9.84 Å². The number of hydrogen-bond donors (Lipinski definition) is 0. The standard InChI is InChI=1S/C18H25N3O2S/c1-3-24(22,23)17-9-5-4-8-16(17)21-11-6-7-15(14-21)13-18-19-10-12-20(18)2/h4-5,8-10,12,15H,3,6-7,11,13-14H2,1-2H3/t15-/m0/s1. The van der Waals surface area contributed by atoms with Crippen LogP contribution in [0.15, 0.2) is 41.6 Å². The van der Waals surface area contributed by atoms with Crippen molar-refractivity contribution >= 4 is 15.5 Å². The number of aromatic nitrogens is 2. The molecule has 2 aromatic rings. The van der Waals surface area contributed by atoms with E-state index in [1.807, 2.05) is 31.6 Å². The van der Waals surface area contributed by atoms with E-state index in [0.717, 1.165) is 43.9 Å². The molecule has 1 aromatic carbocycles. The average molecular weight is 347 g/mol. The van der Waals surface area contributed by atoms with Gasteiger partial charge >= 0.3 is 0 Å². The third kappa shape index (κ3) is 3.48. The second kappa shape index (κ2) is 6.97. The van der Waals surface area contributed by atoms with E-state index in [0.29, 0.717) is 10.8 Å². The Hall–Kier alpha value is -1.82. The molecule has 3 rings (SSSR count). The summed E-state index contributed by atoms with van der Waals surface area (Å²) in [4.78, 5) is 7.13. The normalized spacial score (nSPS) is 18.8. The Bertz CT molecular complexity index is 798. The lowest BCUT2D eigenvalue weighted by molar-refractivity contribution is 0.402. The fraction of sp³-hybridized carbons (Fsp3) is 0.500. The van der Waals surface area contributed by atoms with E-state index in [9.17, 15) is 8.42 Å². The van der Waals surface area contributed by atoms with Crippen LogP contribution < -0.4 is 4.90 Å². The lowest BCUT2D eigenvalue weighted by Crippen LogP contribution is -2.37. The van der Waals surface area contributed by atoms with Crippen LogP contribution in [0.25, 0.3) is 0 Å². The molecule has 1 aromatic heterocycles. The summed E-state index contributed by atoms with van der Waals surface area (Å²) in [6, 6.07) is 7.40. The third-order valence-electron chi connectivity index (χ3n) is 4.83. The van der Waals surface area contributed by atoms with Crippen LogP contribution in [0.4, 0.5) is 5.69 Å². The Morgan fingerprint density at radius 3 is 2.79 bits per heavy atom. The summed E-state index contributed by atoms with van der Waals surface area (Å²) in [6.07, 6.45) is 6.97. The number of hydrogen-bond acceptors (Lipinski definition) is 4. The highest BCUT2D eigenvalue weighted by molar-refractivity contribution is 7.91. The molecule has 130 valence electrons. The molecule has 2 heterocycles. The molecular formula is C18H25N3O2S. The second-order valence-electron chi connectivity index (χ2n) is 6.48. The van der Waals surface area contributed by atoms with Crippen molar-refractivity contribution in [3.05, 3.63) is 42.5 Å². The first-order chi connectivity index (χ1) is 11.5. The number of nitrogens with zero attached hydrogens (tertiary/aromatic N) is 3. The van der Waals surface area contributed by atoms with E-state index in [1.54, 1.807) is 19.1 Å². The molecular weight excluding hydrogens is 322 g/mol. The van der Waals surface area contributed by atoms with E-state index >= 15 is 0 Å². The smallest absolute Gasteiger partial charge is 0.180 e. The number of imidazole rings is 1. The molecule has 0 bridgehead atoms. The van der Waals surface area contributed by atoms with Gasteiger partial charge in [0.25, 0.3) is 0 Å². The fourth-order valence-electron chi connectivity index (χ4n) is 3.44. The predicted octanol–water partition coefficient (Wildman–Crippen LogP) is 2.67. The van der Waals surface area contributed by atoms with Gasteiger partial charge in [0, 0.05) is 39.0 Å². The maximum absolute atomic E-state index is 12.4. The Morgan fingerprint density at radius 1 is 1.29 bits per heavy atom. The number of piperidine rings is 1. The predicted molar refractivity (Wildman–Crippen MR) is 96.0 cm³/mol. The van der Waals surface area contributed by atoms with Gasteiger partial charge in [-0.2, -0.15) is 0 Å². The van der Waals surface area contributed by atoms with Crippen molar-refractivity contribution in [2.75, 3.05) is 23.7 Å². The van der Waals surface area contributed by atoms with E-state index in [1.165, 1.54) is 0 Å². The third-order valence-corrected chi connectivity index (χ3v) is 6.61. The molecule has 0 amide bonds. The van der Waals surface area contributed by atoms with Gasteiger partial charge in [0.05, 0.1) is 16.3 Å². The summed E-state index contributed by atoms with van der Waals surface area (Å²) in [5, 5.41) is 0. The van der Waals surface area contributed by atoms with Crippen LogP contribution in [-0.2, 0) is 23.3 Å². The zero-order valence-electron chi connectivity index (χ0n) is 14.4. The minimum absolute atomic E-state index is 0.133. The fourth-order valence-corrected chi connectivity index (χ4v) is 4.55. The van der Waals surface area contributed by atoms with Crippen molar-refractivity contribution in [2.24, 2.45) is 13.0 Å². The minimum atomic E-state index is -3.21. The van der Waals surface area contributed by atoms with Crippen LogP contribution in [-0.4, -0.2) is 36.8 Å². The molecule has 24 heavy (non-hydrogen) atoms. The van der Waals surface area contributed by atoms with Crippen molar-refractivity contribution in [2.45, 2.75) is 31.1 Å². The monoisotopic (exact) mass is 347 g/mol. The van der Waals surface area contributed by atoms with Gasteiger partial charge in [-0.15, -0.1) is 0 Å². The summed E-state index contributed by atoms with van der Waals surface area (Å²) in [5.41, 5.74) is 0.851. The molecule has 0 spiro atoms. The molecule has 1 fully saturated rings. The summed E-state index contributed by atoms with van der Waals surface area (Å²) in [5.74, 6) is 1.72. The van der Waals surface area contributed by atoms with Crippen molar-refractivity contribution in [3.8, 4) is 0 Å². The van der Waals surface area contributed by atoms with Crippen LogP contribution in [0, 0.1) is 5.92 Å². The Morgan fingerprint density at radius 2 is 2.08 bits per heavy atom. The molecule has 1 aliphatic heterocycles. The minimum Gasteiger partial charge on any atom is -0.370 e. The largest absolute Gasteiger partial charge is 0.370 e. The molecule has 0 unspecified atom stereocenters. The molecule has 1 aliphatic rings. The van der Waals surface area contributed by atoms with E-state index in [-0.39, 0.29) is 5.75 Å². The van der Waals surface area contributed by atoms with Gasteiger partial charge in [-0.05, 0) is 30.9 Å². The van der Waals surface area contributed by atoms with Crippen LogP contribution in [0.1, 0.15) is 25.6 Å². The van der Waals surface area contributed by atoms with Crippen LogP contribution in [0.5, 0.6) is 0 Å². The highest BCUT2D eigenvalue weighted by atomic mass is 32.2. The van der Waals surface area contributed by atoms with Crippen molar-refractivity contribution in [1.82, 2.24) is 9.55 Å². The summed E-state index contributed by atoms with van der Waals surface area (Å²) in [6.45, 7) is 3.49. The van der Waals surface area contributed by atoms with Gasteiger partial charge in [0.15, 0.2) is 9.84 Å². The highest BCUT2D eigenvalue weighted by Crippen LogP contribution is 2.30. The number of sulfone groups is 1. The van der Waals surface area contributed by atoms with E-state index in [4.69, 9.17) is 0 Å². The number of rotatable bonds is 5. The number of anilines is 1. The van der Waals surface area contributed by atoms with Gasteiger partial charge in [-0.1, -0.05) is 19.1 Å². The summed E-state index contributed by atoms with van der Waals surface area (Å²) < 4.78 is 26.9. The number of para-hydroxylation sites is 1. The molecule has 1 saturated heterocycles. The molecule has 0 saturated carbocycles. The van der Waals surface area contributed by atoms with Crippen LogP contribution in [0.2, 0.25) is 0 Å². The zero-order valence-corrected chi connectivity index (χ0v) is 15.2. The van der Waals surface area contributed by atoms with Crippen molar-refractivity contribution in [3.63, 3.8) is 0 Å². The summed E-state index contributed by atoms with van der Waals surface area (Å²) >= 11 is 0. The molecule has 0 aliphatic carbocycles. The zero-order chi connectivity index (χ0) is 17.2. The van der Waals surface area contributed by atoms with Crippen LogP contribution >= 0.6 is 0 Å².